The molecule has 2 heterocycles. The molecular weight excluding hydrogens is 290 g/mol. The van der Waals surface area contributed by atoms with Gasteiger partial charge in [0.1, 0.15) is 10.4 Å². The summed E-state index contributed by atoms with van der Waals surface area (Å²) in [7, 11) is 0. The largest absolute Gasteiger partial charge is 0.464 e. The van der Waals surface area contributed by atoms with E-state index in [2.05, 4.69) is 20.9 Å². The van der Waals surface area contributed by atoms with Crippen molar-refractivity contribution in [1.82, 2.24) is 4.98 Å². The summed E-state index contributed by atoms with van der Waals surface area (Å²) < 4.78 is 6.20. The van der Waals surface area contributed by atoms with Crippen LogP contribution in [0.2, 0.25) is 0 Å². The molecule has 0 aliphatic heterocycles. The Morgan fingerprint density at radius 3 is 2.28 bits per heavy atom. The molecule has 3 heteroatoms. The molecule has 0 atom stereocenters. The Kier molecular flexibility index (Phi) is 2.99. The van der Waals surface area contributed by atoms with Gasteiger partial charge in [0.25, 0.3) is 0 Å². The maximum absolute atomic E-state index is 5.36. The predicted molar refractivity (Wildman–Crippen MR) is 75.1 cm³/mol. The lowest BCUT2D eigenvalue weighted by Crippen LogP contribution is -1.83. The van der Waals surface area contributed by atoms with Crippen molar-refractivity contribution in [1.29, 1.82) is 0 Å². The molecule has 0 aliphatic carbocycles. The van der Waals surface area contributed by atoms with Gasteiger partial charge in [0, 0.05) is 11.1 Å². The molecule has 3 aromatic rings. The van der Waals surface area contributed by atoms with E-state index >= 15 is 0 Å². The lowest BCUT2D eigenvalue weighted by atomic mass is 10.1. The van der Waals surface area contributed by atoms with Crippen molar-refractivity contribution >= 4 is 15.9 Å². The van der Waals surface area contributed by atoms with Gasteiger partial charge in [-0.2, -0.15) is 0 Å². The van der Waals surface area contributed by atoms with Crippen LogP contribution in [0.4, 0.5) is 0 Å². The Balaban J connectivity index is 1.96. The molecule has 0 N–H and O–H groups in total. The number of hydrogen-bond acceptors (Lipinski definition) is 2. The van der Waals surface area contributed by atoms with E-state index < -0.39 is 0 Å². The van der Waals surface area contributed by atoms with Gasteiger partial charge in [-0.25, -0.2) is 4.98 Å². The third-order valence-corrected chi connectivity index (χ3v) is 3.14. The maximum atomic E-state index is 5.36. The normalized spacial score (nSPS) is 10.5. The summed E-state index contributed by atoms with van der Waals surface area (Å²) in [6, 6.07) is 17.9. The fraction of sp³-hybridized carbons (Fsp3) is 0. The highest BCUT2D eigenvalue weighted by molar-refractivity contribution is 9.10. The molecule has 18 heavy (non-hydrogen) atoms. The summed E-state index contributed by atoms with van der Waals surface area (Å²) in [4.78, 5) is 4.43. The average Bonchev–Trinajstić information content (AvgIpc) is 2.93. The van der Waals surface area contributed by atoms with Crippen LogP contribution >= 0.6 is 15.9 Å². The second-order valence-corrected chi connectivity index (χ2v) is 4.71. The van der Waals surface area contributed by atoms with Crippen LogP contribution in [-0.2, 0) is 0 Å². The first-order valence-corrected chi connectivity index (χ1v) is 6.39. The number of rotatable bonds is 2. The monoisotopic (exact) mass is 299 g/mol. The van der Waals surface area contributed by atoms with Crippen LogP contribution in [-0.4, -0.2) is 4.98 Å². The van der Waals surface area contributed by atoms with Crippen molar-refractivity contribution in [3.05, 3.63) is 65.5 Å². The fourth-order valence-electron chi connectivity index (χ4n) is 1.82. The highest BCUT2D eigenvalue weighted by Gasteiger charge is 2.03. The molecule has 0 fully saturated rings. The van der Waals surface area contributed by atoms with Gasteiger partial charge in [-0.05, 0) is 40.2 Å². The lowest BCUT2D eigenvalue weighted by molar-refractivity contribution is 0.582. The van der Waals surface area contributed by atoms with Crippen molar-refractivity contribution in [2.75, 3.05) is 0 Å². The molecule has 0 amide bonds. The van der Waals surface area contributed by atoms with Gasteiger partial charge in [0.2, 0.25) is 0 Å². The standard InChI is InChI=1S/C15H10BrNO/c16-15-5-1-3-13(17-15)11-6-8-12(9-7-11)14-4-2-10-18-14/h1-10H. The molecule has 0 radical (unpaired) electrons. The van der Waals surface area contributed by atoms with E-state index in [4.69, 9.17) is 4.42 Å². The Morgan fingerprint density at radius 1 is 0.833 bits per heavy atom. The summed E-state index contributed by atoms with van der Waals surface area (Å²) >= 11 is 3.38. The Bertz CT molecular complexity index is 645. The molecular formula is C15H10BrNO. The average molecular weight is 300 g/mol. The van der Waals surface area contributed by atoms with Gasteiger partial charge >= 0.3 is 0 Å². The molecule has 2 aromatic heterocycles. The first-order chi connectivity index (χ1) is 8.83. The van der Waals surface area contributed by atoms with Gasteiger partial charge in [-0.15, -0.1) is 0 Å². The zero-order chi connectivity index (χ0) is 12.4. The molecule has 0 saturated heterocycles. The highest BCUT2D eigenvalue weighted by Crippen LogP contribution is 2.24. The van der Waals surface area contributed by atoms with Gasteiger partial charge < -0.3 is 4.42 Å². The van der Waals surface area contributed by atoms with E-state index in [1.165, 1.54) is 0 Å². The van der Waals surface area contributed by atoms with E-state index in [-0.39, 0.29) is 0 Å². The van der Waals surface area contributed by atoms with Crippen LogP contribution < -0.4 is 0 Å². The fourth-order valence-corrected chi connectivity index (χ4v) is 2.16. The third kappa shape index (κ3) is 2.22. The molecule has 3 rings (SSSR count). The molecule has 2 nitrogen and oxygen atoms in total. The number of halogens is 1. The molecule has 0 spiro atoms. The first kappa shape index (κ1) is 11.2. The highest BCUT2D eigenvalue weighted by atomic mass is 79.9. The Hall–Kier alpha value is -1.87. The molecule has 1 aromatic carbocycles. The predicted octanol–water partition coefficient (Wildman–Crippen LogP) is 4.77. The number of hydrogen-bond donors (Lipinski definition) is 0. The van der Waals surface area contributed by atoms with E-state index in [1.807, 2.05) is 54.6 Å². The minimum Gasteiger partial charge on any atom is -0.464 e. The van der Waals surface area contributed by atoms with Crippen molar-refractivity contribution in [2.24, 2.45) is 0 Å². The van der Waals surface area contributed by atoms with Gasteiger partial charge in [-0.3, -0.25) is 0 Å². The molecule has 0 bridgehead atoms. The Morgan fingerprint density at radius 2 is 1.61 bits per heavy atom. The van der Waals surface area contributed by atoms with E-state index in [0.717, 1.165) is 27.2 Å². The minimum absolute atomic E-state index is 0.843. The van der Waals surface area contributed by atoms with E-state index in [1.54, 1.807) is 6.26 Å². The summed E-state index contributed by atoms with van der Waals surface area (Å²) in [6.07, 6.45) is 1.68. The Labute approximate surface area is 113 Å². The smallest absolute Gasteiger partial charge is 0.133 e. The second-order valence-electron chi connectivity index (χ2n) is 3.90. The molecule has 0 saturated carbocycles. The summed E-state index contributed by atoms with van der Waals surface area (Å²) in [5, 5.41) is 0. The van der Waals surface area contributed by atoms with Crippen LogP contribution in [0, 0.1) is 0 Å². The second kappa shape index (κ2) is 4.78. The van der Waals surface area contributed by atoms with Gasteiger partial charge in [0.15, 0.2) is 0 Å². The number of nitrogens with zero attached hydrogens (tertiary/aromatic N) is 1. The molecule has 0 unspecified atom stereocenters. The number of aromatic nitrogens is 1. The summed E-state index contributed by atoms with van der Waals surface area (Å²) in [5.41, 5.74) is 3.11. The van der Waals surface area contributed by atoms with Crippen molar-refractivity contribution in [3.63, 3.8) is 0 Å². The maximum Gasteiger partial charge on any atom is 0.133 e. The number of furan rings is 1. The van der Waals surface area contributed by atoms with Crippen molar-refractivity contribution in [2.45, 2.75) is 0 Å². The SMILES string of the molecule is Brc1cccc(-c2ccc(-c3ccco3)cc2)n1. The van der Waals surface area contributed by atoms with Gasteiger partial charge in [0.05, 0.1) is 12.0 Å². The lowest BCUT2D eigenvalue weighted by Gasteiger charge is -2.02. The zero-order valence-electron chi connectivity index (χ0n) is 9.51. The van der Waals surface area contributed by atoms with Crippen LogP contribution in [0.3, 0.4) is 0 Å². The van der Waals surface area contributed by atoms with Crippen LogP contribution in [0.25, 0.3) is 22.6 Å². The number of pyridine rings is 1. The summed E-state index contributed by atoms with van der Waals surface area (Å²) in [6.45, 7) is 0. The van der Waals surface area contributed by atoms with Crippen LogP contribution in [0.15, 0.2) is 69.9 Å². The van der Waals surface area contributed by atoms with Gasteiger partial charge in [-0.1, -0.05) is 30.3 Å². The quantitative estimate of drug-likeness (QED) is 0.637. The third-order valence-electron chi connectivity index (χ3n) is 2.70. The van der Waals surface area contributed by atoms with E-state index in [0.29, 0.717) is 0 Å². The van der Waals surface area contributed by atoms with E-state index in [9.17, 15) is 0 Å². The summed E-state index contributed by atoms with van der Waals surface area (Å²) in [5.74, 6) is 0.878. The van der Waals surface area contributed by atoms with Crippen LogP contribution in [0.1, 0.15) is 0 Å². The van der Waals surface area contributed by atoms with Crippen molar-refractivity contribution in [3.8, 4) is 22.6 Å². The topological polar surface area (TPSA) is 26.0 Å². The van der Waals surface area contributed by atoms with Crippen LogP contribution in [0.5, 0.6) is 0 Å². The first-order valence-electron chi connectivity index (χ1n) is 5.60. The minimum atomic E-state index is 0.843. The number of benzene rings is 1. The zero-order valence-corrected chi connectivity index (χ0v) is 11.1. The van der Waals surface area contributed by atoms with Crippen molar-refractivity contribution < 1.29 is 4.42 Å². The molecule has 0 aliphatic rings. The molecule has 88 valence electrons.